The molecule has 0 aromatic heterocycles. The Balaban J connectivity index is -0.000000719. The summed E-state index contributed by atoms with van der Waals surface area (Å²) in [5.41, 5.74) is 0. The molecule has 13 heteroatoms. The van der Waals surface area contributed by atoms with E-state index in [9.17, 15) is 0 Å². The van der Waals surface area contributed by atoms with Crippen LogP contribution in [0.4, 0.5) is 0 Å². The molecule has 0 fully saturated rings. The van der Waals surface area contributed by atoms with E-state index in [0.717, 1.165) is 0 Å². The Kier molecular flexibility index (Phi) is 33.3. The van der Waals surface area contributed by atoms with E-state index in [0.29, 0.717) is 0 Å². The van der Waals surface area contributed by atoms with Crippen molar-refractivity contribution in [1.82, 2.24) is 28.0 Å². The second kappa shape index (κ2) is 30.1. The zero-order valence-corrected chi connectivity index (χ0v) is 36.4. The van der Waals surface area contributed by atoms with Crippen molar-refractivity contribution in [3.8, 4) is 0 Å². The third-order valence-corrected chi connectivity index (χ3v) is 18.6. The van der Waals surface area contributed by atoms with Gasteiger partial charge in [-0.3, -0.25) is 8.42 Å². The summed E-state index contributed by atoms with van der Waals surface area (Å²) >= 11 is 0. The normalized spacial score (nSPS) is 12.7. The summed E-state index contributed by atoms with van der Waals surface area (Å²) in [5, 5.41) is 0. The van der Waals surface area contributed by atoms with Crippen LogP contribution in [-0.4, -0.2) is 139 Å². The van der Waals surface area contributed by atoms with Gasteiger partial charge < -0.3 is 9.11 Å². The Labute approximate surface area is 296 Å². The lowest BCUT2D eigenvalue weighted by atomic mass is 10.3. The monoisotopic (exact) mass is 733 g/mol. The molecule has 47 heavy (non-hydrogen) atoms. The van der Waals surface area contributed by atoms with E-state index in [1.165, 1.54) is 129 Å². The van der Waals surface area contributed by atoms with Gasteiger partial charge in [0.25, 0.3) is 0 Å². The van der Waals surface area contributed by atoms with Crippen molar-refractivity contribution in [2.75, 3.05) is 93.9 Å². The summed E-state index contributed by atoms with van der Waals surface area (Å²) in [4.78, 5) is 0. The van der Waals surface area contributed by atoms with Gasteiger partial charge in [-0.25, -0.2) is 0 Å². The Morgan fingerprint density at radius 1 is 0.383 bits per heavy atom. The highest BCUT2D eigenvalue weighted by molar-refractivity contribution is 7.79. The quantitative estimate of drug-likeness (QED) is 0.0489. The molecule has 0 atom stereocenters. The Morgan fingerprint density at radius 2 is 0.511 bits per heavy atom. The van der Waals surface area contributed by atoms with E-state index in [1.54, 1.807) is 0 Å². The van der Waals surface area contributed by atoms with Crippen molar-refractivity contribution >= 4 is 25.8 Å². The standard InChI is InChI=1S/2C17H41N3P.H2O4S/c2*1-8-12-15-18(5)21(11-4,19(6)16-13-9-2)20(7)17-14-10-3;1-5(2,3)4/h2*8-17H2,1-7H3;(H2,1,2,3,4)/q2*+1;/p-2. The van der Waals surface area contributed by atoms with E-state index in [2.05, 4.69) is 126 Å². The first kappa shape index (κ1) is 51.9. The second-order valence-corrected chi connectivity index (χ2v) is 21.8. The van der Waals surface area contributed by atoms with Gasteiger partial charge in [-0.15, -0.1) is 0 Å². The van der Waals surface area contributed by atoms with E-state index in [1.807, 2.05) is 0 Å². The van der Waals surface area contributed by atoms with E-state index >= 15 is 0 Å². The topological polar surface area (TPSA) is 99.7 Å². The van der Waals surface area contributed by atoms with Gasteiger partial charge in [0.2, 0.25) is 15.4 Å². The Bertz CT molecular complexity index is 685. The number of nitrogens with zero attached hydrogens (tertiary/aromatic N) is 6. The molecule has 0 bridgehead atoms. The van der Waals surface area contributed by atoms with Gasteiger partial charge in [-0.2, -0.15) is 28.0 Å². The van der Waals surface area contributed by atoms with Gasteiger partial charge >= 0.3 is 0 Å². The fraction of sp³-hybridized carbons (Fsp3) is 1.00. The zero-order chi connectivity index (χ0) is 37.1. The lowest BCUT2D eigenvalue weighted by molar-refractivity contribution is 0.352. The summed E-state index contributed by atoms with van der Waals surface area (Å²) in [6, 6.07) is 0. The Morgan fingerprint density at radius 3 is 0.596 bits per heavy atom. The van der Waals surface area contributed by atoms with Crippen LogP contribution in [0.15, 0.2) is 0 Å². The molecule has 0 aliphatic heterocycles. The molecule has 10 nitrogen and oxygen atoms in total. The molecule has 0 aliphatic rings. The number of hydrogen-bond donors (Lipinski definition) is 0. The maximum absolute atomic E-state index is 8.52. The van der Waals surface area contributed by atoms with Gasteiger partial charge in [0.05, 0.1) is 0 Å². The smallest absolute Gasteiger partial charge is 0.226 e. The lowest BCUT2D eigenvalue weighted by Crippen LogP contribution is -2.43. The van der Waals surface area contributed by atoms with Gasteiger partial charge in [0, 0.05) is 92.0 Å². The molecule has 0 N–H and O–H groups in total. The number of rotatable bonds is 26. The average molecular weight is 733 g/mol. The first-order valence-electron chi connectivity index (χ1n) is 18.7. The van der Waals surface area contributed by atoms with Crippen LogP contribution in [0.3, 0.4) is 0 Å². The van der Waals surface area contributed by atoms with Crippen LogP contribution < -0.4 is 0 Å². The van der Waals surface area contributed by atoms with E-state index in [4.69, 9.17) is 17.5 Å². The molecule has 0 heterocycles. The van der Waals surface area contributed by atoms with Crippen molar-refractivity contribution in [1.29, 1.82) is 0 Å². The van der Waals surface area contributed by atoms with Crippen molar-refractivity contribution in [2.45, 2.75) is 132 Å². The molecule has 0 radical (unpaired) electrons. The summed E-state index contributed by atoms with van der Waals surface area (Å²) in [5.74, 6) is 0. The SMILES string of the molecule is CCCCN(C)[P+](CC)(N(C)CCCC)N(C)CCCC.CCCCN(C)[P+](CC)(N(C)CCCC)N(C)CCCC.O=S(=O)([O-])[O-]. The minimum Gasteiger partial charge on any atom is -0.759 e. The molecule has 0 aromatic carbocycles. The zero-order valence-electron chi connectivity index (χ0n) is 33.8. The van der Waals surface area contributed by atoms with Crippen LogP contribution in [0.25, 0.3) is 0 Å². The molecule has 288 valence electrons. The van der Waals surface area contributed by atoms with Gasteiger partial charge in [-0.1, -0.05) is 80.1 Å². The van der Waals surface area contributed by atoms with Crippen LogP contribution in [0.2, 0.25) is 0 Å². The van der Waals surface area contributed by atoms with Crippen molar-refractivity contribution in [3.05, 3.63) is 0 Å². The molecule has 0 unspecified atom stereocenters. The number of hydrogen-bond acceptors (Lipinski definition) is 10. The van der Waals surface area contributed by atoms with Gasteiger partial charge in [0.15, 0.2) is 0 Å². The second-order valence-electron chi connectivity index (χ2n) is 12.8. The molecule has 0 aliphatic carbocycles. The van der Waals surface area contributed by atoms with Gasteiger partial charge in [-0.05, 0) is 52.4 Å². The summed E-state index contributed by atoms with van der Waals surface area (Å²) in [7, 11) is 6.31. The molecular weight excluding hydrogens is 650 g/mol. The number of unbranched alkanes of at least 4 members (excludes halogenated alkanes) is 6. The maximum atomic E-state index is 8.52. The molecule has 0 aromatic rings. The van der Waals surface area contributed by atoms with Crippen LogP contribution >= 0.6 is 15.4 Å². The first-order chi connectivity index (χ1) is 22.0. The van der Waals surface area contributed by atoms with E-state index in [-0.39, 0.29) is 0 Å². The molecule has 0 rings (SSSR count). The van der Waals surface area contributed by atoms with E-state index < -0.39 is 25.8 Å². The fourth-order valence-electron chi connectivity index (χ4n) is 6.30. The molecule has 0 saturated carbocycles. The lowest BCUT2D eigenvalue weighted by Gasteiger charge is -2.44. The summed E-state index contributed by atoms with van der Waals surface area (Å²) in [6.45, 7) is 25.9. The van der Waals surface area contributed by atoms with Crippen molar-refractivity contribution in [2.24, 2.45) is 0 Å². The van der Waals surface area contributed by atoms with Gasteiger partial charge in [0.1, 0.15) is 12.3 Å². The third kappa shape index (κ3) is 20.8. The summed E-state index contributed by atoms with van der Waals surface area (Å²) in [6.07, 6.45) is 18.1. The minimum absolute atomic E-state index is 1.23. The average Bonchev–Trinajstić information content (AvgIpc) is 3.02. The summed E-state index contributed by atoms with van der Waals surface area (Å²) < 4.78 is 50.3. The highest BCUT2D eigenvalue weighted by Crippen LogP contribution is 2.66. The first-order valence-corrected chi connectivity index (χ1v) is 23.7. The third-order valence-electron chi connectivity index (χ3n) is 9.14. The largest absolute Gasteiger partial charge is 0.759 e. The van der Waals surface area contributed by atoms with Crippen molar-refractivity contribution < 1.29 is 17.5 Å². The maximum Gasteiger partial charge on any atom is 0.226 e. The highest BCUT2D eigenvalue weighted by atomic mass is 32.3. The predicted molar refractivity (Wildman–Crippen MR) is 211 cm³/mol. The molecule has 0 saturated heterocycles. The molecule has 0 amide bonds. The highest BCUT2D eigenvalue weighted by Gasteiger charge is 2.50. The molecule has 0 spiro atoms. The predicted octanol–water partition coefficient (Wildman–Crippen LogP) is 8.59. The van der Waals surface area contributed by atoms with Crippen LogP contribution in [0, 0.1) is 0 Å². The van der Waals surface area contributed by atoms with Crippen LogP contribution in [0.1, 0.15) is 132 Å². The minimum atomic E-state index is -5.17. The van der Waals surface area contributed by atoms with Crippen LogP contribution in [0.5, 0.6) is 0 Å². The van der Waals surface area contributed by atoms with Crippen molar-refractivity contribution in [3.63, 3.8) is 0 Å². The van der Waals surface area contributed by atoms with Crippen LogP contribution in [-0.2, 0) is 10.4 Å². The fourth-order valence-corrected chi connectivity index (χ4v) is 15.1. The Hall–Kier alpha value is 0.490. The molecular formula is C34H82N6O4P2S.